The van der Waals surface area contributed by atoms with Crippen molar-refractivity contribution in [3.8, 4) is 0 Å². The molecule has 0 amide bonds. The Morgan fingerprint density at radius 1 is 0.973 bits per heavy atom. The molecule has 4 heteroatoms. The fourth-order valence-electron chi connectivity index (χ4n) is 5.71. The average molecular weight is 496 g/mol. The molecule has 5 rings (SSSR count). The van der Waals surface area contributed by atoms with Gasteiger partial charge in [0.05, 0.1) is 12.2 Å². The van der Waals surface area contributed by atoms with E-state index < -0.39 is 5.97 Å². The van der Waals surface area contributed by atoms with Crippen molar-refractivity contribution in [3.63, 3.8) is 0 Å². The van der Waals surface area contributed by atoms with Gasteiger partial charge in [-0.2, -0.15) is 0 Å². The van der Waals surface area contributed by atoms with Crippen molar-refractivity contribution in [1.82, 2.24) is 4.90 Å². The zero-order chi connectivity index (χ0) is 25.9. The first-order valence-electron chi connectivity index (χ1n) is 13.2. The van der Waals surface area contributed by atoms with E-state index in [1.807, 2.05) is 12.1 Å². The number of rotatable bonds is 7. The molecule has 37 heavy (non-hydrogen) atoms. The van der Waals surface area contributed by atoms with Crippen LogP contribution < -0.4 is 0 Å². The predicted octanol–water partition coefficient (Wildman–Crippen LogP) is 7.36. The maximum absolute atomic E-state index is 12.4. The number of alkyl halides is 1. The molecule has 1 heterocycles. The second-order valence-corrected chi connectivity index (χ2v) is 10.4. The molecule has 1 saturated heterocycles. The van der Waals surface area contributed by atoms with E-state index in [4.69, 9.17) is 0 Å². The third-order valence-corrected chi connectivity index (χ3v) is 7.53. The van der Waals surface area contributed by atoms with Crippen LogP contribution in [-0.2, 0) is 6.42 Å². The Balaban J connectivity index is 1.55. The highest BCUT2D eigenvalue weighted by Crippen LogP contribution is 2.41. The molecule has 3 nitrogen and oxygen atoms in total. The smallest absolute Gasteiger partial charge is 0.335 e. The van der Waals surface area contributed by atoms with E-state index in [-0.39, 0.29) is 6.67 Å². The summed E-state index contributed by atoms with van der Waals surface area (Å²) in [4.78, 5) is 13.9. The number of halogens is 1. The van der Waals surface area contributed by atoms with Gasteiger partial charge in [-0.25, -0.2) is 4.79 Å². The second kappa shape index (κ2) is 10.9. The molecular formula is C33H34FNO2. The lowest BCUT2D eigenvalue weighted by Gasteiger charge is -2.33. The van der Waals surface area contributed by atoms with E-state index in [0.29, 0.717) is 12.0 Å². The van der Waals surface area contributed by atoms with Crippen molar-refractivity contribution < 1.29 is 14.3 Å². The molecule has 1 fully saturated rings. The van der Waals surface area contributed by atoms with E-state index in [0.717, 1.165) is 55.6 Å². The maximum atomic E-state index is 12.4. The zero-order valence-corrected chi connectivity index (χ0v) is 21.7. The van der Waals surface area contributed by atoms with Gasteiger partial charge in [-0.3, -0.25) is 9.29 Å². The molecule has 3 aromatic carbocycles. The predicted molar refractivity (Wildman–Crippen MR) is 150 cm³/mol. The van der Waals surface area contributed by atoms with Crippen molar-refractivity contribution >= 4 is 23.2 Å². The molecule has 2 aliphatic rings. The summed E-state index contributed by atoms with van der Waals surface area (Å²) in [5, 5.41) is 9.58. The minimum absolute atomic E-state index is 0.252. The van der Waals surface area contributed by atoms with Crippen molar-refractivity contribution in [2.45, 2.75) is 39.5 Å². The second-order valence-electron chi connectivity index (χ2n) is 10.4. The summed E-state index contributed by atoms with van der Waals surface area (Å²) in [6, 6.07) is 21.0. The number of nitrogens with zero attached hydrogens (tertiary/aromatic N) is 1. The van der Waals surface area contributed by atoms with Crippen LogP contribution in [0, 0.1) is 13.8 Å². The molecule has 1 N–H and O–H groups in total. The molecule has 190 valence electrons. The molecular weight excluding hydrogens is 461 g/mol. The molecule has 0 unspecified atom stereocenters. The fourth-order valence-corrected chi connectivity index (χ4v) is 5.71. The van der Waals surface area contributed by atoms with E-state index in [1.165, 1.54) is 39.0 Å². The number of likely N-dealkylation sites (tertiary alicyclic amines) is 1. The molecule has 0 bridgehead atoms. The standard InChI is InChI=1S/C33H34FNO2/c1-22-7-13-29(23(2)17-22)31-6-3-5-27-19-28(33(36)37)12-14-30(27)32(31)26-10-8-24(9-11-26)18-25-20-35(21-25)16-4-15-34/h7-14,17-19H,3-6,15-16,20-21H2,1-2H3,(H,36,37). The SMILES string of the molecule is Cc1ccc(C2=C(c3ccc(C=C4CN(CCCF)C4)cc3)c3ccc(C(=O)O)cc3CCC2)c(C)c1. The van der Waals surface area contributed by atoms with Gasteiger partial charge in [0, 0.05) is 19.6 Å². The number of aryl methyl sites for hydroxylation is 3. The highest BCUT2D eigenvalue weighted by molar-refractivity contribution is 6.01. The monoisotopic (exact) mass is 495 g/mol. The lowest BCUT2D eigenvalue weighted by molar-refractivity contribution is 0.0696. The first-order chi connectivity index (χ1) is 17.9. The third-order valence-electron chi connectivity index (χ3n) is 7.53. The number of aromatic carboxylic acids is 1. The molecule has 1 aliphatic heterocycles. The zero-order valence-electron chi connectivity index (χ0n) is 21.7. The van der Waals surface area contributed by atoms with Gasteiger partial charge in [0.1, 0.15) is 0 Å². The van der Waals surface area contributed by atoms with Crippen molar-refractivity contribution in [3.05, 3.63) is 111 Å². The average Bonchev–Trinajstić information content (AvgIpc) is 3.04. The molecule has 0 radical (unpaired) electrons. The molecule has 0 aromatic heterocycles. The van der Waals surface area contributed by atoms with Gasteiger partial charge in [0.2, 0.25) is 0 Å². The highest BCUT2D eigenvalue weighted by Gasteiger charge is 2.23. The van der Waals surface area contributed by atoms with Crippen LogP contribution in [0.3, 0.4) is 0 Å². The summed E-state index contributed by atoms with van der Waals surface area (Å²) in [7, 11) is 0. The first kappa shape index (κ1) is 25.2. The number of fused-ring (bicyclic) bond motifs is 1. The summed E-state index contributed by atoms with van der Waals surface area (Å²) < 4.78 is 12.4. The quantitative estimate of drug-likeness (QED) is 0.372. The lowest BCUT2D eigenvalue weighted by atomic mass is 9.85. The third kappa shape index (κ3) is 5.45. The van der Waals surface area contributed by atoms with Crippen molar-refractivity contribution in [2.24, 2.45) is 0 Å². The van der Waals surface area contributed by atoms with Crippen LogP contribution in [0.25, 0.3) is 17.2 Å². The Hall–Kier alpha value is -3.50. The van der Waals surface area contributed by atoms with Gasteiger partial charge in [-0.15, -0.1) is 0 Å². The molecule has 1 aliphatic carbocycles. The number of benzene rings is 3. The van der Waals surface area contributed by atoms with Gasteiger partial charge in [0.25, 0.3) is 0 Å². The van der Waals surface area contributed by atoms with E-state index in [2.05, 4.69) is 67.3 Å². The van der Waals surface area contributed by atoms with Crippen LogP contribution >= 0.6 is 0 Å². The largest absolute Gasteiger partial charge is 0.478 e. The normalized spacial score (nSPS) is 15.7. The van der Waals surface area contributed by atoms with Gasteiger partial charge in [0.15, 0.2) is 0 Å². The van der Waals surface area contributed by atoms with Gasteiger partial charge < -0.3 is 5.11 Å². The Morgan fingerprint density at radius 2 is 1.73 bits per heavy atom. The summed E-state index contributed by atoms with van der Waals surface area (Å²) in [5.41, 5.74) is 12.6. The number of carbonyl (C=O) groups is 1. The molecule has 0 atom stereocenters. The summed E-state index contributed by atoms with van der Waals surface area (Å²) in [6.07, 6.45) is 5.63. The highest BCUT2D eigenvalue weighted by atomic mass is 19.1. The van der Waals surface area contributed by atoms with Crippen LogP contribution in [0.1, 0.15) is 68.6 Å². The first-order valence-corrected chi connectivity index (χ1v) is 13.2. The Morgan fingerprint density at radius 3 is 2.43 bits per heavy atom. The van der Waals surface area contributed by atoms with Gasteiger partial charge >= 0.3 is 5.97 Å². The van der Waals surface area contributed by atoms with Crippen LogP contribution in [0.4, 0.5) is 4.39 Å². The Kier molecular flexibility index (Phi) is 7.38. The van der Waals surface area contributed by atoms with Crippen LogP contribution in [-0.4, -0.2) is 42.3 Å². The summed E-state index contributed by atoms with van der Waals surface area (Å²) in [6.45, 7) is 6.71. The summed E-state index contributed by atoms with van der Waals surface area (Å²) >= 11 is 0. The van der Waals surface area contributed by atoms with Crippen LogP contribution in [0.15, 0.2) is 66.2 Å². The van der Waals surface area contributed by atoms with E-state index in [1.54, 1.807) is 6.07 Å². The van der Waals surface area contributed by atoms with Gasteiger partial charge in [-0.05, 0) is 102 Å². The fraction of sp³-hybridized carbons (Fsp3) is 0.303. The topological polar surface area (TPSA) is 40.5 Å². The minimum Gasteiger partial charge on any atom is -0.478 e. The number of carboxylic acids is 1. The molecule has 3 aromatic rings. The maximum Gasteiger partial charge on any atom is 0.335 e. The number of carboxylic acid groups (broad SMARTS) is 1. The summed E-state index contributed by atoms with van der Waals surface area (Å²) in [5.74, 6) is -0.885. The van der Waals surface area contributed by atoms with E-state index >= 15 is 0 Å². The van der Waals surface area contributed by atoms with Crippen LogP contribution in [0.5, 0.6) is 0 Å². The number of hydrogen-bond acceptors (Lipinski definition) is 2. The van der Waals surface area contributed by atoms with Gasteiger partial charge in [-0.1, -0.05) is 60.2 Å². The minimum atomic E-state index is -0.885. The lowest BCUT2D eigenvalue weighted by Crippen LogP contribution is -2.40. The van der Waals surface area contributed by atoms with E-state index in [9.17, 15) is 14.3 Å². The Labute approximate surface area is 219 Å². The molecule has 0 saturated carbocycles. The number of hydrogen-bond donors (Lipinski definition) is 1. The van der Waals surface area contributed by atoms with Crippen LogP contribution in [0.2, 0.25) is 0 Å². The number of allylic oxidation sites excluding steroid dienone is 1. The Bertz CT molecular complexity index is 1380. The molecule has 0 spiro atoms. The van der Waals surface area contributed by atoms with Crippen molar-refractivity contribution in [1.29, 1.82) is 0 Å². The van der Waals surface area contributed by atoms with Crippen molar-refractivity contribution in [2.75, 3.05) is 26.3 Å².